The van der Waals surface area contributed by atoms with Gasteiger partial charge in [-0.3, -0.25) is 14.5 Å². The standard InChI is InChI=1S/C23H29N3O2/c1-4-11-25-18-9-10-19(25)14-17(13-18)24-22(27)20-12-16-7-5-6-8-21(16)26(15(2)3)23(20)28/h4-8,12,15,17-19H,1,9-11,13-14H2,2-3H3,(H,24,27). The van der Waals surface area contributed by atoms with E-state index in [1.54, 1.807) is 10.6 Å². The first kappa shape index (κ1) is 18.9. The number of benzene rings is 1. The Bertz CT molecular complexity index is 948. The Kier molecular flexibility index (Phi) is 5.11. The normalized spacial score (nSPS) is 24.6. The van der Waals surface area contributed by atoms with Crippen LogP contribution in [0.25, 0.3) is 10.9 Å². The van der Waals surface area contributed by atoms with E-state index in [4.69, 9.17) is 0 Å². The predicted molar refractivity (Wildman–Crippen MR) is 113 cm³/mol. The van der Waals surface area contributed by atoms with Crippen LogP contribution < -0.4 is 10.9 Å². The van der Waals surface area contributed by atoms with Crippen molar-refractivity contribution in [2.24, 2.45) is 0 Å². The van der Waals surface area contributed by atoms with Gasteiger partial charge in [0.05, 0.1) is 5.52 Å². The molecule has 148 valence electrons. The number of carbonyl (C=O) groups is 1. The molecule has 2 bridgehead atoms. The van der Waals surface area contributed by atoms with Crippen LogP contribution in [0.1, 0.15) is 55.9 Å². The number of nitrogens with one attached hydrogen (secondary N) is 1. The lowest BCUT2D eigenvalue weighted by atomic mass is 9.97. The van der Waals surface area contributed by atoms with Crippen LogP contribution in [-0.4, -0.2) is 40.0 Å². The van der Waals surface area contributed by atoms with Gasteiger partial charge >= 0.3 is 0 Å². The molecule has 2 unspecified atom stereocenters. The summed E-state index contributed by atoms with van der Waals surface area (Å²) in [4.78, 5) is 28.6. The van der Waals surface area contributed by atoms with E-state index in [0.29, 0.717) is 12.1 Å². The highest BCUT2D eigenvalue weighted by Gasteiger charge is 2.40. The van der Waals surface area contributed by atoms with Crippen molar-refractivity contribution in [3.63, 3.8) is 0 Å². The van der Waals surface area contributed by atoms with Crippen LogP contribution in [0.5, 0.6) is 0 Å². The van der Waals surface area contributed by atoms with Crippen LogP contribution in [-0.2, 0) is 0 Å². The number of aromatic nitrogens is 1. The Morgan fingerprint density at radius 3 is 2.57 bits per heavy atom. The molecule has 1 amide bonds. The number of amides is 1. The van der Waals surface area contributed by atoms with Crippen LogP contribution >= 0.6 is 0 Å². The molecule has 0 saturated carbocycles. The summed E-state index contributed by atoms with van der Waals surface area (Å²) in [5.41, 5.74) is 0.904. The third-order valence-corrected chi connectivity index (χ3v) is 6.27. The van der Waals surface area contributed by atoms with E-state index in [-0.39, 0.29) is 29.1 Å². The van der Waals surface area contributed by atoms with E-state index in [0.717, 1.165) is 30.3 Å². The lowest BCUT2D eigenvalue weighted by molar-refractivity contribution is 0.0864. The molecule has 2 aliphatic heterocycles. The summed E-state index contributed by atoms with van der Waals surface area (Å²) in [6, 6.07) is 10.6. The highest BCUT2D eigenvalue weighted by Crippen LogP contribution is 2.35. The summed E-state index contributed by atoms with van der Waals surface area (Å²) in [5.74, 6) is -0.244. The second-order valence-corrected chi connectivity index (χ2v) is 8.40. The second kappa shape index (κ2) is 7.55. The summed E-state index contributed by atoms with van der Waals surface area (Å²) >= 11 is 0. The van der Waals surface area contributed by atoms with E-state index in [2.05, 4.69) is 16.8 Å². The highest BCUT2D eigenvalue weighted by atomic mass is 16.2. The van der Waals surface area contributed by atoms with E-state index < -0.39 is 0 Å². The van der Waals surface area contributed by atoms with Crippen LogP contribution in [0.15, 0.2) is 47.8 Å². The van der Waals surface area contributed by atoms with E-state index in [9.17, 15) is 9.59 Å². The number of para-hydroxylation sites is 1. The molecule has 5 nitrogen and oxygen atoms in total. The molecule has 2 atom stereocenters. The number of carbonyl (C=O) groups excluding carboxylic acids is 1. The molecule has 28 heavy (non-hydrogen) atoms. The van der Waals surface area contributed by atoms with Crippen molar-refractivity contribution < 1.29 is 4.79 Å². The van der Waals surface area contributed by atoms with Crippen LogP contribution in [0.2, 0.25) is 0 Å². The summed E-state index contributed by atoms with van der Waals surface area (Å²) in [7, 11) is 0. The Hall–Kier alpha value is -2.40. The minimum Gasteiger partial charge on any atom is -0.349 e. The van der Waals surface area contributed by atoms with Crippen molar-refractivity contribution in [1.82, 2.24) is 14.8 Å². The Morgan fingerprint density at radius 1 is 1.25 bits per heavy atom. The van der Waals surface area contributed by atoms with Crippen molar-refractivity contribution >= 4 is 16.8 Å². The zero-order valence-electron chi connectivity index (χ0n) is 16.7. The summed E-state index contributed by atoms with van der Waals surface area (Å²) < 4.78 is 1.72. The van der Waals surface area contributed by atoms with Crippen LogP contribution in [0, 0.1) is 0 Å². The molecule has 2 aromatic rings. The number of rotatable bonds is 5. The maximum absolute atomic E-state index is 13.1. The maximum Gasteiger partial charge on any atom is 0.264 e. The number of nitrogens with zero attached hydrogens (tertiary/aromatic N) is 2. The lowest BCUT2D eigenvalue weighted by Crippen LogP contribution is -2.51. The third-order valence-electron chi connectivity index (χ3n) is 6.27. The van der Waals surface area contributed by atoms with Gasteiger partial charge < -0.3 is 9.88 Å². The predicted octanol–water partition coefficient (Wildman–Crippen LogP) is 3.49. The fourth-order valence-corrected chi connectivity index (χ4v) is 5.06. The first-order valence-electron chi connectivity index (χ1n) is 10.3. The molecule has 2 aliphatic rings. The smallest absolute Gasteiger partial charge is 0.264 e. The Labute approximate surface area is 166 Å². The van der Waals surface area contributed by atoms with E-state index in [1.807, 2.05) is 44.2 Å². The van der Waals surface area contributed by atoms with Crippen molar-refractivity contribution in [3.05, 3.63) is 58.9 Å². The summed E-state index contributed by atoms with van der Waals surface area (Å²) in [5, 5.41) is 4.08. The minimum absolute atomic E-state index is 0.0110. The van der Waals surface area contributed by atoms with Gasteiger partial charge in [0.25, 0.3) is 11.5 Å². The average molecular weight is 380 g/mol. The molecule has 1 N–H and O–H groups in total. The van der Waals surface area contributed by atoms with Crippen molar-refractivity contribution in [2.45, 2.75) is 63.7 Å². The van der Waals surface area contributed by atoms with E-state index >= 15 is 0 Å². The monoisotopic (exact) mass is 379 g/mol. The van der Waals surface area contributed by atoms with Gasteiger partial charge in [-0.15, -0.1) is 6.58 Å². The molecule has 0 radical (unpaired) electrons. The fraction of sp³-hybridized carbons (Fsp3) is 0.478. The van der Waals surface area contributed by atoms with Gasteiger partial charge in [-0.05, 0) is 57.0 Å². The quantitative estimate of drug-likeness (QED) is 0.809. The van der Waals surface area contributed by atoms with Gasteiger partial charge in [0.2, 0.25) is 0 Å². The largest absolute Gasteiger partial charge is 0.349 e. The number of pyridine rings is 1. The fourth-order valence-electron chi connectivity index (χ4n) is 5.06. The molecule has 1 aromatic heterocycles. The van der Waals surface area contributed by atoms with Crippen molar-refractivity contribution in [1.29, 1.82) is 0 Å². The maximum atomic E-state index is 13.1. The molecular formula is C23H29N3O2. The number of hydrogen-bond acceptors (Lipinski definition) is 3. The van der Waals surface area contributed by atoms with Gasteiger partial charge in [-0.1, -0.05) is 24.3 Å². The van der Waals surface area contributed by atoms with Crippen LogP contribution in [0.3, 0.4) is 0 Å². The molecule has 5 heteroatoms. The first-order valence-corrected chi connectivity index (χ1v) is 10.3. The zero-order valence-corrected chi connectivity index (χ0v) is 16.7. The number of hydrogen-bond donors (Lipinski definition) is 1. The number of piperidine rings is 1. The molecular weight excluding hydrogens is 350 g/mol. The molecule has 2 saturated heterocycles. The van der Waals surface area contributed by atoms with Gasteiger partial charge in [0, 0.05) is 30.7 Å². The Morgan fingerprint density at radius 2 is 1.93 bits per heavy atom. The topological polar surface area (TPSA) is 54.3 Å². The molecule has 3 heterocycles. The van der Waals surface area contributed by atoms with Gasteiger partial charge in [0.1, 0.15) is 5.56 Å². The first-order chi connectivity index (χ1) is 13.5. The molecule has 4 rings (SSSR count). The van der Waals surface area contributed by atoms with Gasteiger partial charge in [-0.25, -0.2) is 0 Å². The molecule has 2 fully saturated rings. The lowest BCUT2D eigenvalue weighted by Gasteiger charge is -2.38. The van der Waals surface area contributed by atoms with E-state index in [1.165, 1.54) is 12.8 Å². The van der Waals surface area contributed by atoms with Gasteiger partial charge in [-0.2, -0.15) is 0 Å². The van der Waals surface area contributed by atoms with Crippen molar-refractivity contribution in [2.75, 3.05) is 6.54 Å². The second-order valence-electron chi connectivity index (χ2n) is 8.40. The molecule has 1 aromatic carbocycles. The zero-order chi connectivity index (χ0) is 19.8. The third kappa shape index (κ3) is 3.28. The number of fused-ring (bicyclic) bond motifs is 3. The summed E-state index contributed by atoms with van der Waals surface area (Å²) in [6.07, 6.45) is 6.22. The minimum atomic E-state index is -0.244. The molecule has 0 spiro atoms. The SMILES string of the molecule is C=CCN1C2CCC1CC(NC(=O)c1cc3ccccc3n(C(C)C)c1=O)C2. The highest BCUT2D eigenvalue weighted by molar-refractivity contribution is 5.97. The molecule has 0 aliphatic carbocycles. The van der Waals surface area contributed by atoms with Crippen LogP contribution in [0.4, 0.5) is 0 Å². The van der Waals surface area contributed by atoms with Crippen molar-refractivity contribution in [3.8, 4) is 0 Å². The Balaban J connectivity index is 1.59. The average Bonchev–Trinajstić information content (AvgIpc) is 2.90. The van der Waals surface area contributed by atoms with Gasteiger partial charge in [0.15, 0.2) is 0 Å². The summed E-state index contributed by atoms with van der Waals surface area (Å²) in [6.45, 7) is 8.73.